The number of aromatic nitrogens is 2. The molecule has 0 aromatic carbocycles. The fourth-order valence-electron chi connectivity index (χ4n) is 1.18. The van der Waals surface area contributed by atoms with Crippen LogP contribution in [0.2, 0.25) is 0 Å². The fourth-order valence-corrected chi connectivity index (χ4v) is 1.18. The molecule has 1 heterocycles. The number of carboxylic acids is 1. The molecule has 1 atom stereocenters. The number of anilines is 1. The van der Waals surface area contributed by atoms with E-state index in [1.807, 2.05) is 0 Å². The van der Waals surface area contributed by atoms with Gasteiger partial charge in [0.1, 0.15) is 6.04 Å². The summed E-state index contributed by atoms with van der Waals surface area (Å²) in [7, 11) is 0. The predicted molar refractivity (Wildman–Crippen MR) is 59.9 cm³/mol. The normalized spacial score (nSPS) is 12.1. The molecule has 0 aliphatic heterocycles. The average Bonchev–Trinajstić information content (AvgIpc) is 2.22. The summed E-state index contributed by atoms with van der Waals surface area (Å²) >= 11 is 0. The van der Waals surface area contributed by atoms with E-state index < -0.39 is 17.6 Å². The van der Waals surface area contributed by atoms with Crippen molar-refractivity contribution in [3.8, 4) is 5.88 Å². The zero-order valence-corrected chi connectivity index (χ0v) is 9.01. The molecule has 17 heavy (non-hydrogen) atoms. The molecule has 0 aliphatic carbocycles. The maximum atomic E-state index is 10.9. The number of nitrogens with zero attached hydrogens (tertiary/aromatic N) is 1. The van der Waals surface area contributed by atoms with Crippen LogP contribution in [-0.4, -0.2) is 38.7 Å². The van der Waals surface area contributed by atoms with Gasteiger partial charge in [0, 0.05) is 6.54 Å². The highest BCUT2D eigenvalue weighted by Crippen LogP contribution is 2.03. The van der Waals surface area contributed by atoms with Gasteiger partial charge < -0.3 is 21.3 Å². The topological polar surface area (TPSA) is 141 Å². The van der Waals surface area contributed by atoms with Crippen LogP contribution in [0.25, 0.3) is 0 Å². The van der Waals surface area contributed by atoms with Crippen LogP contribution in [0.4, 0.5) is 5.95 Å². The van der Waals surface area contributed by atoms with Crippen molar-refractivity contribution in [1.82, 2.24) is 9.97 Å². The van der Waals surface area contributed by atoms with E-state index in [1.165, 1.54) is 0 Å². The Morgan fingerprint density at radius 2 is 2.35 bits per heavy atom. The molecule has 6 N–H and O–H groups in total. The summed E-state index contributed by atoms with van der Waals surface area (Å²) in [5, 5.41) is 20.3. The highest BCUT2D eigenvalue weighted by atomic mass is 16.4. The first-order valence-electron chi connectivity index (χ1n) is 5.01. The molecule has 0 saturated heterocycles. The summed E-state index contributed by atoms with van der Waals surface area (Å²) in [4.78, 5) is 27.4. The van der Waals surface area contributed by atoms with Crippen molar-refractivity contribution in [2.24, 2.45) is 5.73 Å². The van der Waals surface area contributed by atoms with Crippen molar-refractivity contribution in [3.05, 3.63) is 16.4 Å². The number of H-pyrrole nitrogens is 1. The number of nitrogens with one attached hydrogen (secondary N) is 2. The minimum absolute atomic E-state index is 0.138. The first kappa shape index (κ1) is 13.0. The lowest BCUT2D eigenvalue weighted by Gasteiger charge is -2.07. The van der Waals surface area contributed by atoms with Crippen molar-refractivity contribution < 1.29 is 15.0 Å². The zero-order valence-electron chi connectivity index (χ0n) is 9.01. The highest BCUT2D eigenvalue weighted by molar-refractivity contribution is 5.72. The summed E-state index contributed by atoms with van der Waals surface area (Å²) in [6, 6.07) is 0.0545. The number of aliphatic carboxylic acids is 1. The molecule has 1 aromatic heterocycles. The third-order valence-corrected chi connectivity index (χ3v) is 2.03. The molecule has 8 heteroatoms. The van der Waals surface area contributed by atoms with Crippen LogP contribution >= 0.6 is 0 Å². The summed E-state index contributed by atoms with van der Waals surface area (Å²) in [5.41, 5.74) is 4.83. The van der Waals surface area contributed by atoms with Crippen LogP contribution in [0.15, 0.2) is 10.9 Å². The molecular weight excluding hydrogens is 228 g/mol. The molecule has 0 bridgehead atoms. The lowest BCUT2D eigenvalue weighted by Crippen LogP contribution is -2.30. The van der Waals surface area contributed by atoms with Gasteiger partial charge in [0.25, 0.3) is 5.56 Å². The average molecular weight is 242 g/mol. The van der Waals surface area contributed by atoms with Crippen LogP contribution < -0.4 is 16.6 Å². The van der Waals surface area contributed by atoms with Crippen molar-refractivity contribution in [1.29, 1.82) is 0 Å². The molecule has 0 unspecified atom stereocenters. The number of carbonyl (C=O) groups is 1. The van der Waals surface area contributed by atoms with Gasteiger partial charge in [-0.05, 0) is 12.8 Å². The molecule has 94 valence electrons. The standard InChI is InChI=1S/C9H14N4O4/c10-5(8(16)17)2-1-3-11-9-12-6(14)4-7(15)13-9/h4-5H,1-3,10H2,(H,16,17)(H3,11,12,13,14,15)/t5-/m1/s1. The van der Waals surface area contributed by atoms with Gasteiger partial charge in [0.15, 0.2) is 0 Å². The third kappa shape index (κ3) is 4.51. The molecule has 0 amide bonds. The molecule has 0 saturated carbocycles. The molecule has 0 aliphatic rings. The van der Waals surface area contributed by atoms with E-state index in [9.17, 15) is 9.59 Å². The van der Waals surface area contributed by atoms with Crippen LogP contribution in [0.1, 0.15) is 12.8 Å². The number of nitrogens with two attached hydrogens (primary N) is 1. The number of hydrogen-bond donors (Lipinski definition) is 5. The monoisotopic (exact) mass is 242 g/mol. The van der Waals surface area contributed by atoms with E-state index in [4.69, 9.17) is 15.9 Å². The Morgan fingerprint density at radius 3 is 2.94 bits per heavy atom. The van der Waals surface area contributed by atoms with Gasteiger partial charge in [-0.25, -0.2) is 0 Å². The Hall–Kier alpha value is -2.09. The largest absolute Gasteiger partial charge is 0.493 e. The molecular formula is C9H14N4O4. The smallest absolute Gasteiger partial charge is 0.320 e. The third-order valence-electron chi connectivity index (χ3n) is 2.03. The fraction of sp³-hybridized carbons (Fsp3) is 0.444. The lowest BCUT2D eigenvalue weighted by atomic mass is 10.2. The molecule has 0 fully saturated rings. The van der Waals surface area contributed by atoms with Crippen molar-refractivity contribution in [2.45, 2.75) is 18.9 Å². The Balaban J connectivity index is 2.36. The van der Waals surface area contributed by atoms with Gasteiger partial charge in [0.05, 0.1) is 6.07 Å². The highest BCUT2D eigenvalue weighted by Gasteiger charge is 2.10. The molecule has 0 spiro atoms. The number of aromatic hydroxyl groups is 1. The molecule has 1 rings (SSSR count). The number of aromatic amines is 1. The quantitative estimate of drug-likeness (QED) is 0.406. The Labute approximate surface area is 96.5 Å². The first-order valence-corrected chi connectivity index (χ1v) is 5.01. The van der Waals surface area contributed by atoms with E-state index in [0.717, 1.165) is 6.07 Å². The number of carboxylic acid groups (broad SMARTS) is 1. The van der Waals surface area contributed by atoms with E-state index in [-0.39, 0.29) is 11.8 Å². The van der Waals surface area contributed by atoms with E-state index >= 15 is 0 Å². The van der Waals surface area contributed by atoms with Crippen molar-refractivity contribution in [2.75, 3.05) is 11.9 Å². The zero-order chi connectivity index (χ0) is 12.8. The first-order chi connectivity index (χ1) is 7.99. The maximum Gasteiger partial charge on any atom is 0.320 e. The summed E-state index contributed by atoms with van der Waals surface area (Å²) in [6.45, 7) is 0.396. The summed E-state index contributed by atoms with van der Waals surface area (Å²) < 4.78 is 0. The summed E-state index contributed by atoms with van der Waals surface area (Å²) in [5.74, 6) is -1.29. The Morgan fingerprint density at radius 1 is 1.65 bits per heavy atom. The van der Waals surface area contributed by atoms with Crippen LogP contribution in [0, 0.1) is 0 Å². The second-order valence-corrected chi connectivity index (χ2v) is 3.47. The molecule has 8 nitrogen and oxygen atoms in total. The minimum atomic E-state index is -1.05. The van der Waals surface area contributed by atoms with Crippen molar-refractivity contribution >= 4 is 11.9 Å². The van der Waals surface area contributed by atoms with Crippen molar-refractivity contribution in [3.63, 3.8) is 0 Å². The van der Waals surface area contributed by atoms with E-state index in [2.05, 4.69) is 15.3 Å². The summed E-state index contributed by atoms with van der Waals surface area (Å²) in [6.07, 6.45) is 0.818. The van der Waals surface area contributed by atoms with Gasteiger partial charge in [-0.15, -0.1) is 0 Å². The van der Waals surface area contributed by atoms with Gasteiger partial charge in [-0.3, -0.25) is 14.6 Å². The maximum absolute atomic E-state index is 10.9. The SMILES string of the molecule is N[C@H](CCCNc1nc(O)cc(=O)[nH]1)C(=O)O. The van der Waals surface area contributed by atoms with Crippen LogP contribution in [0.3, 0.4) is 0 Å². The van der Waals surface area contributed by atoms with Crippen LogP contribution in [-0.2, 0) is 4.79 Å². The predicted octanol–water partition coefficient (Wildman–Crippen LogP) is -0.921. The minimum Gasteiger partial charge on any atom is -0.493 e. The van der Waals surface area contributed by atoms with E-state index in [0.29, 0.717) is 19.4 Å². The number of rotatable bonds is 6. The Bertz CT molecular complexity index is 445. The second-order valence-electron chi connectivity index (χ2n) is 3.47. The van der Waals surface area contributed by atoms with Gasteiger partial charge in [0.2, 0.25) is 11.8 Å². The Kier molecular flexibility index (Phi) is 4.46. The lowest BCUT2D eigenvalue weighted by molar-refractivity contribution is -0.138. The molecule has 1 aromatic rings. The number of hydrogen-bond acceptors (Lipinski definition) is 6. The van der Waals surface area contributed by atoms with Gasteiger partial charge in [-0.1, -0.05) is 0 Å². The van der Waals surface area contributed by atoms with Gasteiger partial charge >= 0.3 is 5.97 Å². The molecule has 0 radical (unpaired) electrons. The second kappa shape index (κ2) is 5.85. The van der Waals surface area contributed by atoms with E-state index in [1.54, 1.807) is 0 Å². The van der Waals surface area contributed by atoms with Crippen LogP contribution in [0.5, 0.6) is 5.88 Å². The van der Waals surface area contributed by atoms with Gasteiger partial charge in [-0.2, -0.15) is 4.98 Å².